The van der Waals surface area contributed by atoms with E-state index in [0.29, 0.717) is 5.92 Å². The number of carbonyl (C=O) groups is 1. The van der Waals surface area contributed by atoms with Crippen LogP contribution in [0, 0.1) is 5.92 Å². The number of hydrogen-bond donors (Lipinski definition) is 1. The maximum atomic E-state index is 10.9. The first kappa shape index (κ1) is 11.8. The Kier molecular flexibility index (Phi) is 5.26. The first-order valence-corrected chi connectivity index (χ1v) is 5.81. The van der Waals surface area contributed by atoms with Gasteiger partial charge in [-0.25, -0.2) is 0 Å². The van der Waals surface area contributed by atoms with Crippen molar-refractivity contribution in [1.82, 2.24) is 10.2 Å². The van der Waals surface area contributed by atoms with E-state index in [1.54, 1.807) is 0 Å². The highest BCUT2D eigenvalue weighted by Crippen LogP contribution is 2.09. The standard InChI is InChI=1S/C10H19ClN2O/c1-9(7-12-10(14)6-11)8-13-4-2-3-5-13/h9H,2-8H2,1H3,(H,12,14). The Labute approximate surface area is 90.8 Å². The van der Waals surface area contributed by atoms with Gasteiger partial charge in [-0.05, 0) is 31.8 Å². The predicted octanol–water partition coefficient (Wildman–Crippen LogP) is 1.07. The number of alkyl halides is 1. The maximum absolute atomic E-state index is 10.9. The summed E-state index contributed by atoms with van der Waals surface area (Å²) < 4.78 is 0. The number of nitrogens with zero attached hydrogens (tertiary/aromatic N) is 1. The molecule has 1 unspecified atom stereocenters. The zero-order valence-electron chi connectivity index (χ0n) is 8.76. The summed E-state index contributed by atoms with van der Waals surface area (Å²) in [4.78, 5) is 13.4. The largest absolute Gasteiger partial charge is 0.355 e. The Morgan fingerprint density at radius 1 is 1.50 bits per heavy atom. The lowest BCUT2D eigenvalue weighted by atomic mass is 10.1. The maximum Gasteiger partial charge on any atom is 0.234 e. The molecule has 4 heteroatoms. The summed E-state index contributed by atoms with van der Waals surface area (Å²) in [5.41, 5.74) is 0. The van der Waals surface area contributed by atoms with Crippen LogP contribution in [-0.2, 0) is 4.79 Å². The van der Waals surface area contributed by atoms with Crippen LogP contribution >= 0.6 is 11.6 Å². The molecule has 1 amide bonds. The quantitative estimate of drug-likeness (QED) is 0.701. The fourth-order valence-corrected chi connectivity index (χ4v) is 1.90. The van der Waals surface area contributed by atoms with Crippen molar-refractivity contribution in [3.63, 3.8) is 0 Å². The smallest absolute Gasteiger partial charge is 0.234 e. The fourth-order valence-electron chi connectivity index (χ4n) is 1.81. The Balaban J connectivity index is 2.08. The Morgan fingerprint density at radius 2 is 2.14 bits per heavy atom. The Hall–Kier alpha value is -0.280. The lowest BCUT2D eigenvalue weighted by Gasteiger charge is -2.20. The van der Waals surface area contributed by atoms with Gasteiger partial charge < -0.3 is 10.2 Å². The average molecular weight is 219 g/mol. The van der Waals surface area contributed by atoms with Gasteiger partial charge in [-0.15, -0.1) is 11.6 Å². The number of halogens is 1. The van der Waals surface area contributed by atoms with Gasteiger partial charge in [0.2, 0.25) is 5.91 Å². The van der Waals surface area contributed by atoms with Crippen molar-refractivity contribution in [3.05, 3.63) is 0 Å². The first-order valence-electron chi connectivity index (χ1n) is 5.27. The Bertz CT molecular complexity index is 181. The number of rotatable bonds is 5. The molecule has 82 valence electrons. The summed E-state index contributed by atoms with van der Waals surface area (Å²) in [5, 5.41) is 2.81. The molecular formula is C10H19ClN2O. The molecule has 0 aromatic heterocycles. The van der Waals surface area contributed by atoms with E-state index < -0.39 is 0 Å². The van der Waals surface area contributed by atoms with Crippen LogP contribution in [0.3, 0.4) is 0 Å². The molecule has 0 aliphatic carbocycles. The second-order valence-corrected chi connectivity index (χ2v) is 4.32. The van der Waals surface area contributed by atoms with Gasteiger partial charge in [0.15, 0.2) is 0 Å². The van der Waals surface area contributed by atoms with Crippen molar-refractivity contribution in [2.45, 2.75) is 19.8 Å². The molecule has 1 aliphatic rings. The SMILES string of the molecule is CC(CNC(=O)CCl)CN1CCCC1. The van der Waals surface area contributed by atoms with E-state index in [1.807, 2.05) is 0 Å². The fraction of sp³-hybridized carbons (Fsp3) is 0.900. The highest BCUT2D eigenvalue weighted by Gasteiger charge is 2.14. The summed E-state index contributed by atoms with van der Waals surface area (Å²) >= 11 is 5.38. The average Bonchev–Trinajstić information content (AvgIpc) is 2.66. The predicted molar refractivity (Wildman–Crippen MR) is 58.6 cm³/mol. The van der Waals surface area contributed by atoms with E-state index in [-0.39, 0.29) is 11.8 Å². The molecule has 0 spiro atoms. The lowest BCUT2D eigenvalue weighted by Crippen LogP contribution is -2.34. The molecule has 1 aliphatic heterocycles. The van der Waals surface area contributed by atoms with E-state index in [2.05, 4.69) is 17.1 Å². The highest BCUT2D eigenvalue weighted by molar-refractivity contribution is 6.27. The van der Waals surface area contributed by atoms with Gasteiger partial charge in [-0.1, -0.05) is 6.92 Å². The van der Waals surface area contributed by atoms with Crippen LogP contribution in [0.1, 0.15) is 19.8 Å². The van der Waals surface area contributed by atoms with Crippen molar-refractivity contribution >= 4 is 17.5 Å². The van der Waals surface area contributed by atoms with E-state index in [9.17, 15) is 4.79 Å². The van der Waals surface area contributed by atoms with Crippen molar-refractivity contribution in [3.8, 4) is 0 Å². The molecule has 0 aromatic rings. The minimum Gasteiger partial charge on any atom is -0.355 e. The lowest BCUT2D eigenvalue weighted by molar-refractivity contribution is -0.118. The van der Waals surface area contributed by atoms with Gasteiger partial charge in [-0.3, -0.25) is 4.79 Å². The topological polar surface area (TPSA) is 32.3 Å². The van der Waals surface area contributed by atoms with E-state index in [0.717, 1.165) is 13.1 Å². The third-order valence-electron chi connectivity index (χ3n) is 2.54. The number of likely N-dealkylation sites (tertiary alicyclic amines) is 1. The summed E-state index contributed by atoms with van der Waals surface area (Å²) in [5.74, 6) is 0.511. The van der Waals surface area contributed by atoms with E-state index in [4.69, 9.17) is 11.6 Å². The molecule has 0 aromatic carbocycles. The number of carbonyl (C=O) groups excluding carboxylic acids is 1. The zero-order valence-corrected chi connectivity index (χ0v) is 9.52. The van der Waals surface area contributed by atoms with Gasteiger partial charge in [0.1, 0.15) is 5.88 Å². The summed E-state index contributed by atoms with van der Waals surface area (Å²) in [6.07, 6.45) is 2.64. The normalized spacial score (nSPS) is 19.6. The van der Waals surface area contributed by atoms with E-state index >= 15 is 0 Å². The second-order valence-electron chi connectivity index (χ2n) is 4.05. The molecule has 0 radical (unpaired) electrons. The molecule has 0 bridgehead atoms. The number of nitrogens with one attached hydrogen (secondary N) is 1. The van der Waals surface area contributed by atoms with Gasteiger partial charge in [0.25, 0.3) is 0 Å². The highest BCUT2D eigenvalue weighted by atomic mass is 35.5. The third kappa shape index (κ3) is 4.29. The van der Waals surface area contributed by atoms with Gasteiger partial charge in [0, 0.05) is 13.1 Å². The van der Waals surface area contributed by atoms with Crippen molar-refractivity contribution in [2.24, 2.45) is 5.92 Å². The third-order valence-corrected chi connectivity index (χ3v) is 2.78. The van der Waals surface area contributed by atoms with E-state index in [1.165, 1.54) is 25.9 Å². The molecule has 1 atom stereocenters. The van der Waals surface area contributed by atoms with Crippen molar-refractivity contribution in [1.29, 1.82) is 0 Å². The molecular weight excluding hydrogens is 200 g/mol. The summed E-state index contributed by atoms with van der Waals surface area (Å²) in [7, 11) is 0. The van der Waals surface area contributed by atoms with Crippen LogP contribution in [0.4, 0.5) is 0 Å². The minimum absolute atomic E-state index is 0.0659. The molecule has 1 N–H and O–H groups in total. The van der Waals surface area contributed by atoms with Crippen LogP contribution in [0.2, 0.25) is 0 Å². The van der Waals surface area contributed by atoms with Crippen LogP contribution in [0.15, 0.2) is 0 Å². The zero-order chi connectivity index (χ0) is 10.4. The van der Waals surface area contributed by atoms with Crippen molar-refractivity contribution in [2.75, 3.05) is 32.1 Å². The molecule has 0 saturated carbocycles. The van der Waals surface area contributed by atoms with Gasteiger partial charge in [0.05, 0.1) is 0 Å². The Morgan fingerprint density at radius 3 is 2.71 bits per heavy atom. The molecule has 1 rings (SSSR count). The molecule has 1 saturated heterocycles. The van der Waals surface area contributed by atoms with Crippen LogP contribution in [0.5, 0.6) is 0 Å². The monoisotopic (exact) mass is 218 g/mol. The first-order chi connectivity index (χ1) is 6.72. The van der Waals surface area contributed by atoms with Crippen LogP contribution in [-0.4, -0.2) is 42.9 Å². The summed E-state index contributed by atoms with van der Waals surface area (Å²) in [6.45, 7) is 6.42. The van der Waals surface area contributed by atoms with Crippen LogP contribution < -0.4 is 5.32 Å². The molecule has 1 fully saturated rings. The van der Waals surface area contributed by atoms with Crippen molar-refractivity contribution < 1.29 is 4.79 Å². The molecule has 14 heavy (non-hydrogen) atoms. The van der Waals surface area contributed by atoms with Gasteiger partial charge in [-0.2, -0.15) is 0 Å². The van der Waals surface area contributed by atoms with Gasteiger partial charge >= 0.3 is 0 Å². The van der Waals surface area contributed by atoms with Crippen LogP contribution in [0.25, 0.3) is 0 Å². The number of hydrogen-bond acceptors (Lipinski definition) is 2. The molecule has 1 heterocycles. The second kappa shape index (κ2) is 6.25. The summed E-state index contributed by atoms with van der Waals surface area (Å²) in [6, 6.07) is 0. The molecule has 3 nitrogen and oxygen atoms in total. The number of amides is 1. The minimum atomic E-state index is -0.0695.